The second kappa shape index (κ2) is 9.53. The number of carbonyl (C=O) groups is 5. The van der Waals surface area contributed by atoms with Gasteiger partial charge in [0.1, 0.15) is 18.1 Å². The van der Waals surface area contributed by atoms with Crippen LogP contribution in [0, 0.1) is 0 Å². The molecule has 3 aliphatic rings. The van der Waals surface area contributed by atoms with Crippen LogP contribution in [-0.2, 0) is 23.9 Å². The van der Waals surface area contributed by atoms with Crippen LogP contribution in [0.25, 0.3) is 0 Å². The Bertz CT molecular complexity index is 993. The highest BCUT2D eigenvalue weighted by Crippen LogP contribution is 2.30. The van der Waals surface area contributed by atoms with E-state index in [0.29, 0.717) is 19.3 Å². The molecule has 174 valence electrons. The Morgan fingerprint density at radius 2 is 1.73 bits per heavy atom. The highest BCUT2D eigenvalue weighted by Gasteiger charge is 2.45. The summed E-state index contributed by atoms with van der Waals surface area (Å²) in [7, 11) is 0. The van der Waals surface area contributed by atoms with E-state index in [4.69, 9.17) is 0 Å². The SMILES string of the molecule is O=C1CC(NC(=O)[C@@H]2CC[C@H]3C/C=C\C[C@H](NC(=O)C(=O)c4ccccc4)C(=O)N32)C(O)O1. The average Bonchev–Trinajstić information content (AvgIpc) is 3.36. The number of rotatable bonds is 5. The summed E-state index contributed by atoms with van der Waals surface area (Å²) in [5.41, 5.74) is 0.215. The van der Waals surface area contributed by atoms with Crippen molar-refractivity contribution in [3.63, 3.8) is 0 Å². The van der Waals surface area contributed by atoms with Gasteiger partial charge in [-0.25, -0.2) is 0 Å². The molecule has 3 N–H and O–H groups in total. The van der Waals surface area contributed by atoms with Crippen LogP contribution in [-0.4, -0.2) is 69.9 Å². The number of hydrogen-bond donors (Lipinski definition) is 3. The Morgan fingerprint density at radius 1 is 1.00 bits per heavy atom. The van der Waals surface area contributed by atoms with E-state index >= 15 is 0 Å². The summed E-state index contributed by atoms with van der Waals surface area (Å²) in [5, 5.41) is 14.9. The number of nitrogens with one attached hydrogen (secondary N) is 2. The maximum Gasteiger partial charge on any atom is 0.310 e. The summed E-state index contributed by atoms with van der Waals surface area (Å²) < 4.78 is 4.65. The summed E-state index contributed by atoms with van der Waals surface area (Å²) in [6.45, 7) is 0. The first-order chi connectivity index (χ1) is 15.8. The van der Waals surface area contributed by atoms with Crippen molar-refractivity contribution in [3.8, 4) is 0 Å². The molecule has 0 spiro atoms. The van der Waals surface area contributed by atoms with Crippen molar-refractivity contribution in [3.05, 3.63) is 48.0 Å². The van der Waals surface area contributed by atoms with Crippen LogP contribution in [0.1, 0.15) is 42.5 Å². The standard InChI is InChI=1S/C23H25N3O7/c27-18-12-16(23(32)33-18)25-20(29)17-11-10-14-8-4-5-9-15(22(31)26(14)17)24-21(30)19(28)13-6-2-1-3-7-13/h1-7,14-17,23,32H,8-12H2,(H,24,30)(H,25,29)/b5-4-/t14-,15+,16?,17+,23?/m1/s1. The lowest BCUT2D eigenvalue weighted by molar-refractivity contribution is -0.155. The average molecular weight is 455 g/mol. The molecule has 3 aliphatic heterocycles. The lowest BCUT2D eigenvalue weighted by Gasteiger charge is -2.34. The smallest absolute Gasteiger partial charge is 0.310 e. The van der Waals surface area contributed by atoms with E-state index in [2.05, 4.69) is 15.4 Å². The second-order valence-electron chi connectivity index (χ2n) is 8.36. The van der Waals surface area contributed by atoms with E-state index in [1.54, 1.807) is 24.3 Å². The van der Waals surface area contributed by atoms with Crippen LogP contribution in [0.2, 0.25) is 0 Å². The minimum absolute atomic E-state index is 0.153. The molecule has 0 radical (unpaired) electrons. The Morgan fingerprint density at radius 3 is 2.42 bits per heavy atom. The van der Waals surface area contributed by atoms with Crippen LogP contribution in [0.4, 0.5) is 0 Å². The first-order valence-corrected chi connectivity index (χ1v) is 10.9. The van der Waals surface area contributed by atoms with Gasteiger partial charge in [0.15, 0.2) is 0 Å². The molecule has 2 saturated heterocycles. The lowest BCUT2D eigenvalue weighted by Crippen LogP contribution is -2.57. The van der Waals surface area contributed by atoms with Crippen molar-refractivity contribution in [1.82, 2.24) is 15.5 Å². The number of ketones is 1. The number of cyclic esters (lactones) is 1. The molecule has 10 heteroatoms. The van der Waals surface area contributed by atoms with Crippen LogP contribution < -0.4 is 10.6 Å². The highest BCUT2D eigenvalue weighted by molar-refractivity contribution is 6.43. The van der Waals surface area contributed by atoms with Crippen LogP contribution >= 0.6 is 0 Å². The Labute approximate surface area is 190 Å². The van der Waals surface area contributed by atoms with Gasteiger partial charge in [0.2, 0.25) is 23.9 Å². The summed E-state index contributed by atoms with van der Waals surface area (Å²) in [6, 6.07) is 5.11. The van der Waals surface area contributed by atoms with Gasteiger partial charge in [0.05, 0.1) is 6.42 Å². The van der Waals surface area contributed by atoms with E-state index in [-0.39, 0.29) is 24.4 Å². The Balaban J connectivity index is 1.48. The molecule has 0 bridgehead atoms. The number of aliphatic hydroxyl groups is 1. The molecule has 0 saturated carbocycles. The van der Waals surface area contributed by atoms with E-state index in [0.717, 1.165) is 0 Å². The number of hydrogen-bond acceptors (Lipinski definition) is 7. The van der Waals surface area contributed by atoms with Gasteiger partial charge in [-0.1, -0.05) is 42.5 Å². The fraction of sp³-hybridized carbons (Fsp3) is 0.435. The molecular formula is C23H25N3O7. The van der Waals surface area contributed by atoms with Gasteiger partial charge >= 0.3 is 5.97 Å². The molecule has 5 atom stereocenters. The number of nitrogens with zero attached hydrogens (tertiary/aromatic N) is 1. The zero-order chi connectivity index (χ0) is 23.5. The van der Waals surface area contributed by atoms with Crippen molar-refractivity contribution in [2.45, 2.75) is 62.6 Å². The number of Topliss-reactive ketones (excluding diaryl/α,β-unsaturated/α-hetero) is 1. The molecule has 2 fully saturated rings. The zero-order valence-corrected chi connectivity index (χ0v) is 17.8. The molecule has 3 heterocycles. The van der Waals surface area contributed by atoms with Gasteiger partial charge in [-0.3, -0.25) is 24.0 Å². The van der Waals surface area contributed by atoms with Gasteiger partial charge in [-0.15, -0.1) is 0 Å². The Hall–Kier alpha value is -3.53. The number of esters is 1. The third kappa shape index (κ3) is 4.80. The number of fused-ring (bicyclic) bond motifs is 1. The maximum atomic E-state index is 13.4. The largest absolute Gasteiger partial charge is 0.434 e. The molecule has 2 unspecified atom stereocenters. The maximum absolute atomic E-state index is 13.4. The van der Waals surface area contributed by atoms with Gasteiger partial charge in [-0.05, 0) is 25.7 Å². The van der Waals surface area contributed by atoms with Crippen LogP contribution in [0.3, 0.4) is 0 Å². The summed E-state index contributed by atoms with van der Waals surface area (Å²) in [4.78, 5) is 64.2. The predicted octanol–water partition coefficient (Wildman–Crippen LogP) is -0.186. The van der Waals surface area contributed by atoms with Gasteiger partial charge in [0.25, 0.3) is 5.91 Å². The number of ether oxygens (including phenoxy) is 1. The van der Waals surface area contributed by atoms with Crippen molar-refractivity contribution >= 4 is 29.5 Å². The van der Waals surface area contributed by atoms with E-state index in [9.17, 15) is 29.1 Å². The topological polar surface area (TPSA) is 142 Å². The van der Waals surface area contributed by atoms with Gasteiger partial charge in [0, 0.05) is 11.6 Å². The summed E-state index contributed by atoms with van der Waals surface area (Å²) >= 11 is 0. The quantitative estimate of drug-likeness (QED) is 0.242. The van der Waals surface area contributed by atoms with Gasteiger partial charge in [-0.2, -0.15) is 0 Å². The van der Waals surface area contributed by atoms with E-state index in [1.165, 1.54) is 17.0 Å². The predicted molar refractivity (Wildman–Crippen MR) is 113 cm³/mol. The van der Waals surface area contributed by atoms with Crippen molar-refractivity contribution in [1.29, 1.82) is 0 Å². The molecule has 4 rings (SSSR count). The fourth-order valence-electron chi connectivity index (χ4n) is 4.48. The second-order valence-corrected chi connectivity index (χ2v) is 8.36. The minimum Gasteiger partial charge on any atom is -0.434 e. The number of carbonyl (C=O) groups excluding carboxylic acids is 5. The molecular weight excluding hydrogens is 430 g/mol. The molecule has 33 heavy (non-hydrogen) atoms. The molecule has 1 aromatic carbocycles. The van der Waals surface area contributed by atoms with Crippen molar-refractivity contribution in [2.24, 2.45) is 0 Å². The molecule has 0 aromatic heterocycles. The van der Waals surface area contributed by atoms with E-state index < -0.39 is 53.9 Å². The first kappa shape index (κ1) is 22.7. The lowest BCUT2D eigenvalue weighted by atomic mass is 10.0. The highest BCUT2D eigenvalue weighted by atomic mass is 16.6. The third-order valence-electron chi connectivity index (χ3n) is 6.16. The van der Waals surface area contributed by atoms with Crippen LogP contribution in [0.5, 0.6) is 0 Å². The third-order valence-corrected chi connectivity index (χ3v) is 6.16. The first-order valence-electron chi connectivity index (χ1n) is 10.9. The number of amides is 3. The van der Waals surface area contributed by atoms with Crippen LogP contribution in [0.15, 0.2) is 42.5 Å². The van der Waals surface area contributed by atoms with Gasteiger partial charge < -0.3 is 25.4 Å². The molecule has 10 nitrogen and oxygen atoms in total. The van der Waals surface area contributed by atoms with Crippen molar-refractivity contribution in [2.75, 3.05) is 0 Å². The molecule has 1 aromatic rings. The van der Waals surface area contributed by atoms with Crippen molar-refractivity contribution < 1.29 is 33.8 Å². The summed E-state index contributed by atoms with van der Waals surface area (Å²) in [6.07, 6.45) is 3.84. The molecule has 0 aliphatic carbocycles. The zero-order valence-electron chi connectivity index (χ0n) is 17.8. The van der Waals surface area contributed by atoms with E-state index in [1.807, 2.05) is 6.08 Å². The number of benzene rings is 1. The summed E-state index contributed by atoms with van der Waals surface area (Å²) in [5.74, 6) is -3.20. The minimum atomic E-state index is -1.43. The molecule has 3 amide bonds. The monoisotopic (exact) mass is 455 g/mol. The Kier molecular flexibility index (Phi) is 6.55. The normalized spacial score (nSPS) is 30.0. The number of aliphatic hydroxyl groups excluding tert-OH is 1. The fourth-order valence-corrected chi connectivity index (χ4v) is 4.48.